The second-order valence-electron chi connectivity index (χ2n) is 4.45. The summed E-state index contributed by atoms with van der Waals surface area (Å²) in [6.45, 7) is 0. The van der Waals surface area contributed by atoms with E-state index in [1.807, 2.05) is 6.07 Å². The highest BCUT2D eigenvalue weighted by Gasteiger charge is 2.34. The Morgan fingerprint density at radius 3 is 2.45 bits per heavy atom. The molecule has 1 amide bonds. The summed E-state index contributed by atoms with van der Waals surface area (Å²) in [6, 6.07) is 15.1. The predicted octanol–water partition coefficient (Wildman–Crippen LogP) is 2.26. The fourth-order valence-electron chi connectivity index (χ4n) is 1.79. The minimum atomic E-state index is -1.28. The molecule has 20 heavy (non-hydrogen) atoms. The van der Waals surface area contributed by atoms with Crippen molar-refractivity contribution in [3.05, 3.63) is 66.0 Å². The van der Waals surface area contributed by atoms with Crippen LogP contribution in [0, 0.1) is 5.82 Å². The van der Waals surface area contributed by atoms with E-state index in [9.17, 15) is 9.18 Å². The van der Waals surface area contributed by atoms with Crippen molar-refractivity contribution in [2.75, 3.05) is 5.75 Å². The van der Waals surface area contributed by atoms with Gasteiger partial charge in [-0.2, -0.15) is 0 Å². The van der Waals surface area contributed by atoms with Crippen LogP contribution in [0.3, 0.4) is 0 Å². The maximum Gasteiger partial charge on any atom is 0.243 e. The fourth-order valence-corrected chi connectivity index (χ4v) is 2.86. The van der Waals surface area contributed by atoms with Crippen LogP contribution >= 0.6 is 11.8 Å². The van der Waals surface area contributed by atoms with Crippen molar-refractivity contribution in [2.24, 2.45) is 11.5 Å². The molecule has 0 aliphatic rings. The number of hydrogen-bond acceptors (Lipinski definition) is 3. The lowest BCUT2D eigenvalue weighted by atomic mass is 9.92. The third-order valence-corrected chi connectivity index (χ3v) is 4.18. The summed E-state index contributed by atoms with van der Waals surface area (Å²) in [5.74, 6) is -0.681. The van der Waals surface area contributed by atoms with Gasteiger partial charge in [-0.15, -0.1) is 11.8 Å². The monoisotopic (exact) mass is 290 g/mol. The lowest BCUT2D eigenvalue weighted by Gasteiger charge is -2.26. The molecule has 0 fully saturated rings. The molecule has 2 aromatic carbocycles. The molecule has 0 aliphatic carbocycles. The maximum absolute atomic E-state index is 13.1. The molecule has 0 heterocycles. The van der Waals surface area contributed by atoms with Crippen LogP contribution in [0.2, 0.25) is 0 Å². The fraction of sp³-hybridized carbons (Fsp3) is 0.133. The van der Waals surface area contributed by atoms with Crippen LogP contribution in [0.1, 0.15) is 5.56 Å². The summed E-state index contributed by atoms with van der Waals surface area (Å²) in [7, 11) is 0. The zero-order chi connectivity index (χ0) is 14.6. The van der Waals surface area contributed by atoms with Gasteiger partial charge in [-0.3, -0.25) is 4.79 Å². The van der Waals surface area contributed by atoms with Gasteiger partial charge in [-0.25, -0.2) is 4.39 Å². The highest BCUT2D eigenvalue weighted by Crippen LogP contribution is 2.28. The highest BCUT2D eigenvalue weighted by molar-refractivity contribution is 7.99. The molecule has 0 saturated carbocycles. The predicted molar refractivity (Wildman–Crippen MR) is 78.6 cm³/mol. The molecule has 3 nitrogen and oxygen atoms in total. The average molecular weight is 290 g/mol. The molecule has 1 atom stereocenters. The molecule has 5 heteroatoms. The minimum absolute atomic E-state index is 0.246. The quantitative estimate of drug-likeness (QED) is 0.830. The Hall–Kier alpha value is -1.85. The largest absolute Gasteiger partial charge is 0.368 e. The van der Waals surface area contributed by atoms with Gasteiger partial charge < -0.3 is 11.5 Å². The first kappa shape index (κ1) is 14.6. The Labute approximate surface area is 121 Å². The first-order chi connectivity index (χ1) is 9.52. The van der Waals surface area contributed by atoms with Crippen LogP contribution in [0.15, 0.2) is 59.5 Å². The minimum Gasteiger partial charge on any atom is -0.368 e. The van der Waals surface area contributed by atoms with Gasteiger partial charge >= 0.3 is 0 Å². The summed E-state index contributed by atoms with van der Waals surface area (Å²) in [6.07, 6.45) is 0. The summed E-state index contributed by atoms with van der Waals surface area (Å²) in [4.78, 5) is 12.4. The van der Waals surface area contributed by atoms with Gasteiger partial charge in [0.05, 0.1) is 0 Å². The Morgan fingerprint density at radius 1 is 1.15 bits per heavy atom. The van der Waals surface area contributed by atoms with Gasteiger partial charge in [0, 0.05) is 10.6 Å². The van der Waals surface area contributed by atoms with Crippen LogP contribution in [-0.2, 0) is 10.3 Å². The molecule has 0 saturated heterocycles. The molecular weight excluding hydrogens is 275 g/mol. The van der Waals surface area contributed by atoms with Gasteiger partial charge in [0.15, 0.2) is 0 Å². The number of carbonyl (C=O) groups excluding carboxylic acids is 1. The lowest BCUT2D eigenvalue weighted by molar-refractivity contribution is -0.122. The molecule has 0 aliphatic heterocycles. The summed E-state index contributed by atoms with van der Waals surface area (Å²) < 4.78 is 13.1. The molecule has 0 spiro atoms. The van der Waals surface area contributed by atoms with Gasteiger partial charge in [0.2, 0.25) is 5.91 Å². The first-order valence-electron chi connectivity index (χ1n) is 6.05. The topological polar surface area (TPSA) is 69.1 Å². The third-order valence-electron chi connectivity index (χ3n) is 2.99. The molecule has 2 aromatic rings. The normalized spacial score (nSPS) is 13.7. The van der Waals surface area contributed by atoms with E-state index in [1.165, 1.54) is 23.9 Å². The molecule has 0 bridgehead atoms. The molecule has 1 unspecified atom stereocenters. The standard InChI is InChI=1S/C15H15FN2OS/c16-12-7-4-8-13(9-12)20-10-15(18,14(17)19)11-5-2-1-3-6-11/h1-9H,10,18H2,(H2,17,19). The van der Waals surface area contributed by atoms with Crippen molar-refractivity contribution >= 4 is 17.7 Å². The van der Waals surface area contributed by atoms with Crippen molar-refractivity contribution in [3.8, 4) is 0 Å². The number of thioether (sulfide) groups is 1. The van der Waals surface area contributed by atoms with Crippen molar-refractivity contribution < 1.29 is 9.18 Å². The Balaban J connectivity index is 2.20. The first-order valence-corrected chi connectivity index (χ1v) is 7.03. The van der Waals surface area contributed by atoms with E-state index in [1.54, 1.807) is 36.4 Å². The Kier molecular flexibility index (Phi) is 4.42. The van der Waals surface area contributed by atoms with Crippen LogP contribution < -0.4 is 11.5 Å². The zero-order valence-corrected chi connectivity index (χ0v) is 11.6. The van der Waals surface area contributed by atoms with Crippen molar-refractivity contribution in [3.63, 3.8) is 0 Å². The van der Waals surface area contributed by atoms with E-state index in [-0.39, 0.29) is 11.6 Å². The van der Waals surface area contributed by atoms with E-state index < -0.39 is 11.4 Å². The van der Waals surface area contributed by atoms with E-state index in [0.717, 1.165) is 0 Å². The van der Waals surface area contributed by atoms with E-state index in [2.05, 4.69) is 0 Å². The molecular formula is C15H15FN2OS. The Morgan fingerprint density at radius 2 is 1.85 bits per heavy atom. The van der Waals surface area contributed by atoms with Crippen molar-refractivity contribution in [2.45, 2.75) is 10.4 Å². The highest BCUT2D eigenvalue weighted by atomic mass is 32.2. The molecule has 4 N–H and O–H groups in total. The second kappa shape index (κ2) is 6.07. The van der Waals surface area contributed by atoms with Crippen molar-refractivity contribution in [1.82, 2.24) is 0 Å². The number of hydrogen-bond donors (Lipinski definition) is 2. The second-order valence-corrected chi connectivity index (χ2v) is 5.50. The van der Waals surface area contributed by atoms with Gasteiger partial charge in [0.1, 0.15) is 11.4 Å². The molecule has 104 valence electrons. The molecule has 0 radical (unpaired) electrons. The van der Waals surface area contributed by atoms with Crippen LogP contribution in [0.5, 0.6) is 0 Å². The number of rotatable bonds is 5. The number of amides is 1. The number of carbonyl (C=O) groups is 1. The summed E-state index contributed by atoms with van der Waals surface area (Å²) in [5, 5.41) is 0. The van der Waals surface area contributed by atoms with Gasteiger partial charge in [0.25, 0.3) is 0 Å². The van der Waals surface area contributed by atoms with Gasteiger partial charge in [-0.05, 0) is 23.8 Å². The third kappa shape index (κ3) is 3.18. The van der Waals surface area contributed by atoms with Crippen LogP contribution in [0.4, 0.5) is 4.39 Å². The number of benzene rings is 2. The SMILES string of the molecule is NC(=O)C(N)(CSc1cccc(F)c1)c1ccccc1. The number of primary amides is 1. The summed E-state index contributed by atoms with van der Waals surface area (Å²) in [5.41, 5.74) is 11.0. The van der Waals surface area contributed by atoms with E-state index in [4.69, 9.17) is 11.5 Å². The Bertz CT molecular complexity index is 606. The lowest BCUT2D eigenvalue weighted by Crippen LogP contribution is -2.51. The average Bonchev–Trinajstić information content (AvgIpc) is 2.45. The van der Waals surface area contributed by atoms with Gasteiger partial charge in [-0.1, -0.05) is 36.4 Å². The van der Waals surface area contributed by atoms with E-state index in [0.29, 0.717) is 10.5 Å². The van der Waals surface area contributed by atoms with Crippen molar-refractivity contribution in [1.29, 1.82) is 0 Å². The molecule has 2 rings (SSSR count). The smallest absolute Gasteiger partial charge is 0.243 e. The number of nitrogens with two attached hydrogens (primary N) is 2. The summed E-state index contributed by atoms with van der Waals surface area (Å²) >= 11 is 1.30. The van der Waals surface area contributed by atoms with E-state index >= 15 is 0 Å². The zero-order valence-electron chi connectivity index (χ0n) is 10.8. The molecule has 0 aromatic heterocycles. The van der Waals surface area contributed by atoms with Crippen LogP contribution in [-0.4, -0.2) is 11.7 Å². The maximum atomic E-state index is 13.1. The number of halogens is 1. The van der Waals surface area contributed by atoms with Crippen LogP contribution in [0.25, 0.3) is 0 Å².